The first-order valence-corrected chi connectivity index (χ1v) is 8.68. The number of anilines is 1. The quantitative estimate of drug-likeness (QED) is 0.804. The normalized spacial score (nSPS) is 17.3. The summed E-state index contributed by atoms with van der Waals surface area (Å²) in [6.07, 6.45) is 1.04. The number of carbonyl (C=O) groups is 1. The van der Waals surface area contributed by atoms with Crippen LogP contribution in [0.2, 0.25) is 5.02 Å². The third kappa shape index (κ3) is 4.69. The molecule has 2 rings (SSSR count). The van der Waals surface area contributed by atoms with Gasteiger partial charge in [0.15, 0.2) is 0 Å². The fraction of sp³-hybridized carbons (Fsp3) is 0.533. The van der Waals surface area contributed by atoms with Crippen LogP contribution in [0.1, 0.15) is 6.42 Å². The first-order valence-electron chi connectivity index (χ1n) is 7.14. The number of amides is 2. The Bertz CT molecular complexity index is 510. The van der Waals surface area contributed by atoms with E-state index in [2.05, 4.69) is 5.32 Å². The Morgan fingerprint density at radius 3 is 2.95 bits per heavy atom. The van der Waals surface area contributed by atoms with E-state index in [0.29, 0.717) is 35.7 Å². The Morgan fingerprint density at radius 1 is 1.50 bits per heavy atom. The maximum absolute atomic E-state index is 12.2. The predicted octanol–water partition coefficient (Wildman–Crippen LogP) is 3.33. The number of carbonyl (C=O) groups excluding carboxylic acids is 1. The molecule has 0 aliphatic carbocycles. The summed E-state index contributed by atoms with van der Waals surface area (Å²) in [4.78, 5) is 14.0. The second-order valence-corrected chi connectivity index (χ2v) is 6.60. The van der Waals surface area contributed by atoms with Crippen LogP contribution >= 0.6 is 23.4 Å². The SMILES string of the molecule is COCCOc1ccc(NC(=O)N(C)C2CCSC2)cc1Cl. The Morgan fingerprint density at radius 2 is 2.32 bits per heavy atom. The highest BCUT2D eigenvalue weighted by Gasteiger charge is 2.23. The number of rotatable bonds is 6. The molecule has 0 aromatic heterocycles. The Labute approximate surface area is 140 Å². The van der Waals surface area contributed by atoms with Gasteiger partial charge in [-0.05, 0) is 30.4 Å². The van der Waals surface area contributed by atoms with Gasteiger partial charge in [0, 0.05) is 31.6 Å². The largest absolute Gasteiger partial charge is 0.490 e. The predicted molar refractivity (Wildman–Crippen MR) is 91.3 cm³/mol. The van der Waals surface area contributed by atoms with Crippen LogP contribution in [0.15, 0.2) is 18.2 Å². The molecule has 2 amide bonds. The Balaban J connectivity index is 1.92. The van der Waals surface area contributed by atoms with Crippen molar-refractivity contribution in [1.82, 2.24) is 4.90 Å². The molecule has 0 radical (unpaired) electrons. The number of urea groups is 1. The van der Waals surface area contributed by atoms with Crippen LogP contribution in [0.5, 0.6) is 5.75 Å². The lowest BCUT2D eigenvalue weighted by molar-refractivity contribution is 0.146. The molecule has 0 saturated carbocycles. The van der Waals surface area contributed by atoms with E-state index in [1.54, 1.807) is 30.2 Å². The number of hydrogen-bond acceptors (Lipinski definition) is 4. The van der Waals surface area contributed by atoms with Crippen molar-refractivity contribution in [3.8, 4) is 5.75 Å². The summed E-state index contributed by atoms with van der Waals surface area (Å²) in [5, 5.41) is 3.33. The minimum atomic E-state index is -0.114. The monoisotopic (exact) mass is 344 g/mol. The van der Waals surface area contributed by atoms with E-state index in [9.17, 15) is 4.79 Å². The van der Waals surface area contributed by atoms with E-state index in [-0.39, 0.29) is 6.03 Å². The van der Waals surface area contributed by atoms with Crippen molar-refractivity contribution in [2.24, 2.45) is 0 Å². The van der Waals surface area contributed by atoms with E-state index >= 15 is 0 Å². The Kier molecular flexibility index (Phi) is 6.67. The van der Waals surface area contributed by atoms with Gasteiger partial charge in [-0.2, -0.15) is 11.8 Å². The molecule has 1 heterocycles. The summed E-state index contributed by atoms with van der Waals surface area (Å²) < 4.78 is 10.4. The summed E-state index contributed by atoms with van der Waals surface area (Å²) in [6, 6.07) is 5.41. The van der Waals surface area contributed by atoms with Crippen molar-refractivity contribution in [1.29, 1.82) is 0 Å². The number of nitrogens with zero attached hydrogens (tertiary/aromatic N) is 1. The molecule has 1 unspecified atom stereocenters. The molecule has 1 fully saturated rings. The van der Waals surface area contributed by atoms with Gasteiger partial charge in [-0.1, -0.05) is 11.6 Å². The smallest absolute Gasteiger partial charge is 0.321 e. The Hall–Kier alpha value is -1.11. The first-order chi connectivity index (χ1) is 10.6. The van der Waals surface area contributed by atoms with Gasteiger partial charge in [-0.25, -0.2) is 4.79 Å². The van der Waals surface area contributed by atoms with Crippen molar-refractivity contribution in [2.45, 2.75) is 12.5 Å². The van der Waals surface area contributed by atoms with E-state index in [1.165, 1.54) is 0 Å². The van der Waals surface area contributed by atoms with Crippen molar-refractivity contribution >= 4 is 35.1 Å². The molecule has 1 aliphatic rings. The highest BCUT2D eigenvalue weighted by atomic mass is 35.5. The van der Waals surface area contributed by atoms with Crippen molar-refractivity contribution in [3.05, 3.63) is 23.2 Å². The van der Waals surface area contributed by atoms with E-state index < -0.39 is 0 Å². The summed E-state index contributed by atoms with van der Waals surface area (Å²) in [7, 11) is 3.44. The molecule has 7 heteroatoms. The second-order valence-electron chi connectivity index (χ2n) is 5.04. The summed E-state index contributed by atoms with van der Waals surface area (Å²) in [6.45, 7) is 0.934. The number of thioether (sulfide) groups is 1. The highest BCUT2D eigenvalue weighted by Crippen LogP contribution is 2.28. The average Bonchev–Trinajstić information content (AvgIpc) is 3.03. The standard InChI is InChI=1S/C15H21ClN2O3S/c1-18(12-5-8-22-10-12)15(19)17-11-3-4-14(13(16)9-11)21-7-6-20-2/h3-4,9,12H,5-8,10H2,1-2H3,(H,17,19). The molecule has 122 valence electrons. The van der Waals surface area contributed by atoms with Gasteiger partial charge in [-0.3, -0.25) is 0 Å². The van der Waals surface area contributed by atoms with Gasteiger partial charge in [-0.15, -0.1) is 0 Å². The fourth-order valence-electron chi connectivity index (χ4n) is 2.14. The van der Waals surface area contributed by atoms with Crippen molar-refractivity contribution in [2.75, 3.05) is 44.2 Å². The molecule has 1 aromatic rings. The fourth-order valence-corrected chi connectivity index (χ4v) is 3.64. The topological polar surface area (TPSA) is 50.8 Å². The lowest BCUT2D eigenvalue weighted by atomic mass is 10.2. The van der Waals surface area contributed by atoms with Crippen LogP contribution in [0.4, 0.5) is 10.5 Å². The molecule has 1 saturated heterocycles. The van der Waals surface area contributed by atoms with Crippen LogP contribution in [0.25, 0.3) is 0 Å². The third-order valence-electron chi connectivity index (χ3n) is 3.50. The first kappa shape index (κ1) is 17.2. The van der Waals surface area contributed by atoms with Gasteiger partial charge < -0.3 is 19.7 Å². The lowest BCUT2D eigenvalue weighted by Gasteiger charge is -2.24. The summed E-state index contributed by atoms with van der Waals surface area (Å²) in [5.74, 6) is 2.69. The van der Waals surface area contributed by atoms with Crippen LogP contribution in [0.3, 0.4) is 0 Å². The number of halogens is 1. The molecule has 5 nitrogen and oxygen atoms in total. The van der Waals surface area contributed by atoms with Crippen LogP contribution in [-0.2, 0) is 4.74 Å². The summed E-state index contributed by atoms with van der Waals surface area (Å²) >= 11 is 8.04. The van der Waals surface area contributed by atoms with Crippen molar-refractivity contribution in [3.63, 3.8) is 0 Å². The molecule has 22 heavy (non-hydrogen) atoms. The number of nitrogens with one attached hydrogen (secondary N) is 1. The molecular weight excluding hydrogens is 324 g/mol. The molecule has 0 bridgehead atoms. The van der Waals surface area contributed by atoms with Crippen LogP contribution < -0.4 is 10.1 Å². The van der Waals surface area contributed by atoms with Crippen LogP contribution in [0, 0.1) is 0 Å². The number of hydrogen-bond donors (Lipinski definition) is 1. The molecule has 1 aromatic carbocycles. The average molecular weight is 345 g/mol. The minimum absolute atomic E-state index is 0.114. The number of ether oxygens (including phenoxy) is 2. The zero-order valence-corrected chi connectivity index (χ0v) is 14.4. The van der Waals surface area contributed by atoms with Gasteiger partial charge in [0.2, 0.25) is 0 Å². The summed E-state index contributed by atoms with van der Waals surface area (Å²) in [5.41, 5.74) is 0.659. The van der Waals surface area contributed by atoms with Crippen LogP contribution in [-0.4, -0.2) is 55.8 Å². The second kappa shape index (κ2) is 8.50. The molecule has 1 aliphatic heterocycles. The minimum Gasteiger partial charge on any atom is -0.490 e. The molecular formula is C15H21ClN2O3S. The van der Waals surface area contributed by atoms with Gasteiger partial charge >= 0.3 is 6.03 Å². The molecule has 0 spiro atoms. The van der Waals surface area contributed by atoms with E-state index in [4.69, 9.17) is 21.1 Å². The maximum atomic E-state index is 12.2. The van der Waals surface area contributed by atoms with Gasteiger partial charge in [0.25, 0.3) is 0 Å². The highest BCUT2D eigenvalue weighted by molar-refractivity contribution is 7.99. The molecule has 1 atom stereocenters. The number of benzene rings is 1. The zero-order valence-electron chi connectivity index (χ0n) is 12.8. The van der Waals surface area contributed by atoms with Gasteiger partial charge in [0.1, 0.15) is 12.4 Å². The number of methoxy groups -OCH3 is 1. The van der Waals surface area contributed by atoms with E-state index in [1.807, 2.05) is 18.8 Å². The maximum Gasteiger partial charge on any atom is 0.321 e. The molecule has 1 N–H and O–H groups in total. The zero-order chi connectivity index (χ0) is 15.9. The third-order valence-corrected chi connectivity index (χ3v) is 4.94. The lowest BCUT2D eigenvalue weighted by Crippen LogP contribution is -2.39. The van der Waals surface area contributed by atoms with Gasteiger partial charge in [0.05, 0.1) is 11.6 Å². The van der Waals surface area contributed by atoms with Crippen molar-refractivity contribution < 1.29 is 14.3 Å². The van der Waals surface area contributed by atoms with E-state index in [0.717, 1.165) is 17.9 Å².